The number of aryl methyl sites for hydroxylation is 1. The third-order valence-electron chi connectivity index (χ3n) is 4.91. The molecule has 1 aliphatic rings. The van der Waals surface area contributed by atoms with Crippen LogP contribution in [0.2, 0.25) is 5.02 Å². The first-order valence-corrected chi connectivity index (χ1v) is 9.69. The minimum Gasteiger partial charge on any atom is -0.323 e. The number of nitrogens with zero attached hydrogens (tertiary/aromatic N) is 4. The summed E-state index contributed by atoms with van der Waals surface area (Å²) in [5, 5.41) is 4.65. The van der Waals surface area contributed by atoms with Crippen LogP contribution in [0.3, 0.4) is 0 Å². The molecule has 7 nitrogen and oxygen atoms in total. The number of anilines is 1. The van der Waals surface area contributed by atoms with E-state index < -0.39 is 0 Å². The zero-order valence-electron chi connectivity index (χ0n) is 16.0. The lowest BCUT2D eigenvalue weighted by atomic mass is 10.0. The predicted octanol–water partition coefficient (Wildman–Crippen LogP) is 2.48. The minimum absolute atomic E-state index is 0.0274. The van der Waals surface area contributed by atoms with Crippen molar-refractivity contribution in [3.8, 4) is 0 Å². The van der Waals surface area contributed by atoms with Crippen molar-refractivity contribution in [2.24, 2.45) is 7.05 Å². The van der Waals surface area contributed by atoms with Crippen LogP contribution < -0.4 is 10.5 Å². The summed E-state index contributed by atoms with van der Waals surface area (Å²) < 4.78 is 1.13. The second kappa shape index (κ2) is 8.56. The molecule has 2 heterocycles. The van der Waals surface area contributed by atoms with Gasteiger partial charge in [0.2, 0.25) is 5.91 Å². The number of amides is 2. The lowest BCUT2D eigenvalue weighted by Gasteiger charge is -2.41. The first-order chi connectivity index (χ1) is 13.4. The van der Waals surface area contributed by atoms with Gasteiger partial charge < -0.3 is 9.80 Å². The number of aromatic nitrogens is 2. The fourth-order valence-corrected chi connectivity index (χ4v) is 3.46. The SMILES string of the molecule is CCCC[C@@H]1CN(c2ccc(Cl)cc2)C(=O)CN1C(=O)c1ccc(=O)n(C)n1. The van der Waals surface area contributed by atoms with Crippen LogP contribution in [0.25, 0.3) is 0 Å². The predicted molar refractivity (Wildman–Crippen MR) is 108 cm³/mol. The number of hydrogen-bond donors (Lipinski definition) is 0. The first-order valence-electron chi connectivity index (χ1n) is 9.32. The molecular formula is C20H23ClN4O3. The van der Waals surface area contributed by atoms with Gasteiger partial charge in [-0.05, 0) is 36.8 Å². The van der Waals surface area contributed by atoms with Gasteiger partial charge >= 0.3 is 0 Å². The first kappa shape index (κ1) is 20.1. The van der Waals surface area contributed by atoms with Crippen LogP contribution in [0.5, 0.6) is 0 Å². The van der Waals surface area contributed by atoms with E-state index in [0.29, 0.717) is 11.6 Å². The molecule has 0 spiro atoms. The van der Waals surface area contributed by atoms with E-state index in [1.807, 2.05) is 12.1 Å². The van der Waals surface area contributed by atoms with Gasteiger partial charge in [-0.25, -0.2) is 4.68 Å². The van der Waals surface area contributed by atoms with E-state index in [4.69, 9.17) is 11.6 Å². The maximum Gasteiger partial charge on any atom is 0.275 e. The van der Waals surface area contributed by atoms with Crippen molar-refractivity contribution in [1.82, 2.24) is 14.7 Å². The van der Waals surface area contributed by atoms with Crippen molar-refractivity contribution < 1.29 is 9.59 Å². The fourth-order valence-electron chi connectivity index (χ4n) is 3.33. The molecule has 1 aromatic heterocycles. The van der Waals surface area contributed by atoms with Gasteiger partial charge in [0.1, 0.15) is 12.2 Å². The van der Waals surface area contributed by atoms with E-state index >= 15 is 0 Å². The van der Waals surface area contributed by atoms with Crippen molar-refractivity contribution in [1.29, 1.82) is 0 Å². The van der Waals surface area contributed by atoms with Crippen molar-refractivity contribution >= 4 is 29.1 Å². The topological polar surface area (TPSA) is 75.5 Å². The summed E-state index contributed by atoms with van der Waals surface area (Å²) >= 11 is 5.95. The van der Waals surface area contributed by atoms with Crippen LogP contribution in [-0.4, -0.2) is 45.6 Å². The summed E-state index contributed by atoms with van der Waals surface area (Å²) in [7, 11) is 1.50. The van der Waals surface area contributed by atoms with E-state index in [1.165, 1.54) is 19.2 Å². The van der Waals surface area contributed by atoms with Crippen LogP contribution >= 0.6 is 11.6 Å². The summed E-state index contributed by atoms with van der Waals surface area (Å²) in [4.78, 5) is 40.7. The van der Waals surface area contributed by atoms with Gasteiger partial charge in [-0.1, -0.05) is 31.4 Å². The molecule has 0 N–H and O–H groups in total. The van der Waals surface area contributed by atoms with E-state index in [2.05, 4.69) is 12.0 Å². The smallest absolute Gasteiger partial charge is 0.275 e. The summed E-state index contributed by atoms with van der Waals surface area (Å²) in [6.45, 7) is 2.48. The molecule has 0 bridgehead atoms. The van der Waals surface area contributed by atoms with Crippen molar-refractivity contribution in [2.45, 2.75) is 32.2 Å². The molecule has 148 valence electrons. The number of carbonyl (C=O) groups excluding carboxylic acids is 2. The van der Waals surface area contributed by atoms with Crippen LogP contribution in [0.1, 0.15) is 36.7 Å². The van der Waals surface area contributed by atoms with Gasteiger partial charge in [0, 0.05) is 30.4 Å². The number of halogens is 1. The number of benzene rings is 1. The highest BCUT2D eigenvalue weighted by Gasteiger charge is 2.36. The molecule has 2 aromatic rings. The lowest BCUT2D eigenvalue weighted by Crippen LogP contribution is -2.58. The average molecular weight is 403 g/mol. The van der Waals surface area contributed by atoms with E-state index in [-0.39, 0.29) is 35.7 Å². The zero-order chi connectivity index (χ0) is 20.3. The highest BCUT2D eigenvalue weighted by atomic mass is 35.5. The number of unbranched alkanes of at least 4 members (excludes halogenated alkanes) is 1. The molecule has 1 atom stereocenters. The Bertz CT molecular complexity index is 926. The Hall–Kier alpha value is -2.67. The summed E-state index contributed by atoms with van der Waals surface area (Å²) in [6, 6.07) is 9.71. The molecule has 1 saturated heterocycles. The van der Waals surface area contributed by atoms with E-state index in [1.54, 1.807) is 21.9 Å². The largest absolute Gasteiger partial charge is 0.323 e. The maximum atomic E-state index is 13.0. The average Bonchev–Trinajstić information content (AvgIpc) is 2.69. The van der Waals surface area contributed by atoms with Gasteiger partial charge in [0.15, 0.2) is 0 Å². The molecule has 3 rings (SSSR count). The Morgan fingerprint density at radius 1 is 1.18 bits per heavy atom. The summed E-state index contributed by atoms with van der Waals surface area (Å²) in [6.07, 6.45) is 2.72. The second-order valence-corrected chi connectivity index (χ2v) is 7.33. The Kier molecular flexibility index (Phi) is 6.14. The van der Waals surface area contributed by atoms with Gasteiger partial charge in [-0.15, -0.1) is 0 Å². The van der Waals surface area contributed by atoms with Crippen molar-refractivity contribution in [2.75, 3.05) is 18.0 Å². The van der Waals surface area contributed by atoms with Crippen molar-refractivity contribution in [3.05, 3.63) is 57.5 Å². The van der Waals surface area contributed by atoms with E-state index in [0.717, 1.165) is 29.6 Å². The van der Waals surface area contributed by atoms with Crippen LogP contribution in [0, 0.1) is 0 Å². The molecule has 0 aliphatic carbocycles. The number of carbonyl (C=O) groups is 2. The molecule has 0 saturated carbocycles. The standard InChI is InChI=1S/C20H23ClN4O3/c1-3-4-5-16-12-24(15-8-6-14(21)7-9-15)19(27)13-25(16)20(28)17-10-11-18(26)23(2)22-17/h6-11,16H,3-5,12-13H2,1-2H3/t16-/m1/s1. The molecule has 1 fully saturated rings. The highest BCUT2D eigenvalue weighted by molar-refractivity contribution is 6.30. The van der Waals surface area contributed by atoms with Gasteiger partial charge in [-0.3, -0.25) is 14.4 Å². The lowest BCUT2D eigenvalue weighted by molar-refractivity contribution is -0.121. The Labute approximate surface area is 168 Å². The van der Waals surface area contributed by atoms with Crippen LogP contribution in [0.4, 0.5) is 5.69 Å². The number of piperazine rings is 1. The minimum atomic E-state index is -0.333. The third kappa shape index (κ3) is 4.25. The Morgan fingerprint density at radius 3 is 2.54 bits per heavy atom. The molecule has 1 aromatic carbocycles. The van der Waals surface area contributed by atoms with Crippen molar-refractivity contribution in [3.63, 3.8) is 0 Å². The van der Waals surface area contributed by atoms with Crippen LogP contribution in [-0.2, 0) is 11.8 Å². The van der Waals surface area contributed by atoms with E-state index in [9.17, 15) is 14.4 Å². The molecule has 0 unspecified atom stereocenters. The fraction of sp³-hybridized carbons (Fsp3) is 0.400. The third-order valence-corrected chi connectivity index (χ3v) is 5.16. The zero-order valence-corrected chi connectivity index (χ0v) is 16.7. The molecule has 2 amide bonds. The Morgan fingerprint density at radius 2 is 1.89 bits per heavy atom. The molecule has 0 radical (unpaired) electrons. The number of rotatable bonds is 5. The molecule has 28 heavy (non-hydrogen) atoms. The number of hydrogen-bond acceptors (Lipinski definition) is 4. The second-order valence-electron chi connectivity index (χ2n) is 6.89. The monoisotopic (exact) mass is 402 g/mol. The maximum absolute atomic E-state index is 13.0. The van der Waals surface area contributed by atoms with Gasteiger partial charge in [-0.2, -0.15) is 5.10 Å². The van der Waals surface area contributed by atoms with Gasteiger partial charge in [0.05, 0.1) is 6.04 Å². The quantitative estimate of drug-likeness (QED) is 0.770. The molecular weight excluding hydrogens is 380 g/mol. The highest BCUT2D eigenvalue weighted by Crippen LogP contribution is 2.25. The van der Waals surface area contributed by atoms with Gasteiger partial charge in [0.25, 0.3) is 11.5 Å². The molecule has 1 aliphatic heterocycles. The molecule has 8 heteroatoms. The van der Waals surface area contributed by atoms with Crippen LogP contribution in [0.15, 0.2) is 41.2 Å². The normalized spacial score (nSPS) is 17.1. The summed E-state index contributed by atoms with van der Waals surface area (Å²) in [5.74, 6) is -0.492. The Balaban J connectivity index is 1.87. The summed E-state index contributed by atoms with van der Waals surface area (Å²) in [5.41, 5.74) is 0.641.